The third kappa shape index (κ3) is 5.33. The summed E-state index contributed by atoms with van der Waals surface area (Å²) >= 11 is 0. The van der Waals surface area contributed by atoms with E-state index in [1.807, 2.05) is 30.3 Å². The van der Waals surface area contributed by atoms with Crippen LogP contribution in [-0.4, -0.2) is 26.4 Å². The van der Waals surface area contributed by atoms with Gasteiger partial charge in [0.05, 0.1) is 13.2 Å². The molecule has 0 radical (unpaired) electrons. The normalized spacial score (nSPS) is 9.81. The van der Waals surface area contributed by atoms with Crippen molar-refractivity contribution in [3.8, 4) is 0 Å². The molecule has 0 unspecified atom stereocenters. The number of methoxy groups -OCH3 is 1. The van der Waals surface area contributed by atoms with Crippen molar-refractivity contribution in [2.45, 2.75) is 6.54 Å². The first-order chi connectivity index (χ1) is 7.83. The number of rotatable bonds is 6. The molecule has 0 aromatic heterocycles. The predicted octanol–water partition coefficient (Wildman–Crippen LogP) is 1.06. The molecule has 0 aliphatic heterocycles. The van der Waals surface area contributed by atoms with Gasteiger partial charge in [-0.15, -0.1) is 0 Å². The molecule has 0 saturated carbocycles. The Bertz CT molecular complexity index is 303. The van der Waals surface area contributed by atoms with Gasteiger partial charge in [-0.05, 0) is 5.56 Å². The largest absolute Gasteiger partial charge is 0.382 e. The maximum atomic E-state index is 11.2. The fourth-order valence-electron chi connectivity index (χ4n) is 1.06. The molecule has 0 fully saturated rings. The molecular weight excluding hydrogens is 208 g/mol. The lowest BCUT2D eigenvalue weighted by atomic mass is 10.2. The maximum absolute atomic E-state index is 11.2. The van der Waals surface area contributed by atoms with E-state index in [2.05, 4.69) is 10.8 Å². The molecule has 88 valence electrons. The highest BCUT2D eigenvalue weighted by Crippen LogP contribution is 1.96. The first-order valence-corrected chi connectivity index (χ1v) is 5.01. The van der Waals surface area contributed by atoms with Crippen LogP contribution in [0, 0.1) is 0 Å². The molecule has 0 heterocycles. The highest BCUT2D eigenvalue weighted by molar-refractivity contribution is 5.72. The van der Waals surface area contributed by atoms with Crippen molar-refractivity contribution in [2.75, 3.05) is 20.3 Å². The summed E-state index contributed by atoms with van der Waals surface area (Å²) in [5, 5.41) is 2.66. The third-order valence-electron chi connectivity index (χ3n) is 1.85. The average molecular weight is 224 g/mol. The fourth-order valence-corrected chi connectivity index (χ4v) is 1.06. The molecule has 0 spiro atoms. The second kappa shape index (κ2) is 7.67. The number of benzene rings is 1. The molecule has 2 N–H and O–H groups in total. The van der Waals surface area contributed by atoms with Gasteiger partial charge in [-0.25, -0.2) is 10.3 Å². The minimum atomic E-state index is -0.361. The number of urea groups is 1. The van der Waals surface area contributed by atoms with Crippen LogP contribution in [-0.2, 0) is 16.1 Å². The topological polar surface area (TPSA) is 59.6 Å². The lowest BCUT2D eigenvalue weighted by Gasteiger charge is -2.07. The van der Waals surface area contributed by atoms with Gasteiger partial charge in [0.15, 0.2) is 0 Å². The number of ether oxygens (including phenoxy) is 1. The zero-order chi connectivity index (χ0) is 11.6. The van der Waals surface area contributed by atoms with Gasteiger partial charge in [0.1, 0.15) is 0 Å². The number of amides is 2. The van der Waals surface area contributed by atoms with Crippen LogP contribution in [0.3, 0.4) is 0 Å². The van der Waals surface area contributed by atoms with E-state index in [4.69, 9.17) is 9.57 Å². The first-order valence-electron chi connectivity index (χ1n) is 5.01. The second-order valence-electron chi connectivity index (χ2n) is 3.11. The van der Waals surface area contributed by atoms with Gasteiger partial charge in [-0.1, -0.05) is 30.3 Å². The van der Waals surface area contributed by atoms with Gasteiger partial charge >= 0.3 is 6.03 Å². The Labute approximate surface area is 94.7 Å². The van der Waals surface area contributed by atoms with Crippen LogP contribution in [0.15, 0.2) is 30.3 Å². The van der Waals surface area contributed by atoms with Gasteiger partial charge in [0.25, 0.3) is 0 Å². The zero-order valence-corrected chi connectivity index (χ0v) is 9.23. The molecule has 1 aromatic rings. The summed E-state index contributed by atoms with van der Waals surface area (Å²) in [5.41, 5.74) is 3.29. The van der Waals surface area contributed by atoms with Crippen molar-refractivity contribution >= 4 is 6.03 Å². The van der Waals surface area contributed by atoms with Gasteiger partial charge < -0.3 is 10.1 Å². The maximum Gasteiger partial charge on any atom is 0.338 e. The van der Waals surface area contributed by atoms with Crippen molar-refractivity contribution in [3.63, 3.8) is 0 Å². The minimum Gasteiger partial charge on any atom is -0.382 e. The minimum absolute atomic E-state index is 0.329. The van der Waals surface area contributed by atoms with E-state index in [0.29, 0.717) is 19.8 Å². The summed E-state index contributed by atoms with van der Waals surface area (Å²) in [4.78, 5) is 16.0. The van der Waals surface area contributed by atoms with E-state index in [1.165, 1.54) is 0 Å². The second-order valence-corrected chi connectivity index (χ2v) is 3.11. The summed E-state index contributed by atoms with van der Waals surface area (Å²) in [6.45, 7) is 1.24. The average Bonchev–Trinajstić information content (AvgIpc) is 2.33. The Morgan fingerprint density at radius 2 is 2.00 bits per heavy atom. The number of carbonyl (C=O) groups excluding carboxylic acids is 1. The number of hydroxylamine groups is 1. The third-order valence-corrected chi connectivity index (χ3v) is 1.85. The number of hydrogen-bond acceptors (Lipinski definition) is 3. The highest BCUT2D eigenvalue weighted by Gasteiger charge is 1.99. The van der Waals surface area contributed by atoms with E-state index >= 15 is 0 Å². The van der Waals surface area contributed by atoms with E-state index in [1.54, 1.807) is 7.11 Å². The highest BCUT2D eigenvalue weighted by atomic mass is 16.7. The SMILES string of the molecule is COCCONC(=O)NCc1ccccc1. The fraction of sp³-hybridized carbons (Fsp3) is 0.364. The Balaban J connectivity index is 2.11. The summed E-state index contributed by atoms with van der Waals surface area (Å²) < 4.78 is 4.76. The number of hydrogen-bond donors (Lipinski definition) is 2. The lowest BCUT2D eigenvalue weighted by Crippen LogP contribution is -2.35. The molecule has 0 bridgehead atoms. The van der Waals surface area contributed by atoms with Crippen molar-refractivity contribution in [1.29, 1.82) is 0 Å². The van der Waals surface area contributed by atoms with Crippen LogP contribution in [0.4, 0.5) is 4.79 Å². The summed E-state index contributed by atoms with van der Waals surface area (Å²) in [6.07, 6.45) is 0. The Morgan fingerprint density at radius 1 is 1.25 bits per heavy atom. The van der Waals surface area contributed by atoms with E-state index in [9.17, 15) is 4.79 Å². The van der Waals surface area contributed by atoms with Crippen LogP contribution < -0.4 is 10.8 Å². The molecular formula is C11H16N2O3. The molecule has 0 atom stereocenters. The van der Waals surface area contributed by atoms with Crippen molar-refractivity contribution in [1.82, 2.24) is 10.8 Å². The van der Waals surface area contributed by atoms with Crippen LogP contribution in [0.25, 0.3) is 0 Å². The molecule has 16 heavy (non-hydrogen) atoms. The van der Waals surface area contributed by atoms with Crippen LogP contribution in [0.2, 0.25) is 0 Å². The first kappa shape index (κ1) is 12.5. The van der Waals surface area contributed by atoms with Gasteiger partial charge in [0, 0.05) is 13.7 Å². The molecule has 1 rings (SSSR count). The molecule has 0 aliphatic carbocycles. The smallest absolute Gasteiger partial charge is 0.338 e. The molecule has 0 saturated heterocycles. The van der Waals surface area contributed by atoms with E-state index in [-0.39, 0.29) is 6.03 Å². The predicted molar refractivity (Wildman–Crippen MR) is 59.6 cm³/mol. The molecule has 5 heteroatoms. The van der Waals surface area contributed by atoms with Crippen molar-refractivity contribution in [2.24, 2.45) is 0 Å². The lowest BCUT2D eigenvalue weighted by molar-refractivity contribution is 0.0241. The monoisotopic (exact) mass is 224 g/mol. The Morgan fingerprint density at radius 3 is 2.69 bits per heavy atom. The van der Waals surface area contributed by atoms with Gasteiger partial charge in [-0.2, -0.15) is 0 Å². The van der Waals surface area contributed by atoms with Crippen molar-refractivity contribution in [3.05, 3.63) is 35.9 Å². The van der Waals surface area contributed by atoms with Crippen LogP contribution >= 0.6 is 0 Å². The van der Waals surface area contributed by atoms with Crippen LogP contribution in [0.1, 0.15) is 5.56 Å². The molecule has 5 nitrogen and oxygen atoms in total. The Kier molecular flexibility index (Phi) is 5.98. The number of nitrogens with one attached hydrogen (secondary N) is 2. The van der Waals surface area contributed by atoms with Gasteiger partial charge in [0.2, 0.25) is 0 Å². The van der Waals surface area contributed by atoms with E-state index in [0.717, 1.165) is 5.56 Å². The quantitative estimate of drug-likeness (QED) is 0.561. The van der Waals surface area contributed by atoms with Crippen molar-refractivity contribution < 1.29 is 14.4 Å². The summed E-state index contributed by atoms with van der Waals surface area (Å²) in [6, 6.07) is 9.28. The molecule has 1 aromatic carbocycles. The Hall–Kier alpha value is -1.59. The van der Waals surface area contributed by atoms with E-state index < -0.39 is 0 Å². The zero-order valence-electron chi connectivity index (χ0n) is 9.23. The van der Waals surface area contributed by atoms with Crippen LogP contribution in [0.5, 0.6) is 0 Å². The molecule has 0 aliphatic rings. The standard InChI is InChI=1S/C11H16N2O3/c1-15-7-8-16-13-11(14)12-9-10-5-3-2-4-6-10/h2-6H,7-9H2,1H3,(H2,12,13,14). The summed E-state index contributed by atoms with van der Waals surface area (Å²) in [5.74, 6) is 0. The number of carbonyl (C=O) groups is 1. The van der Waals surface area contributed by atoms with Gasteiger partial charge in [-0.3, -0.25) is 4.84 Å². The molecule has 2 amide bonds. The summed E-state index contributed by atoms with van der Waals surface area (Å²) in [7, 11) is 1.57.